The van der Waals surface area contributed by atoms with Crippen molar-refractivity contribution in [3.8, 4) is 0 Å². The maximum Gasteiger partial charge on any atom is 0.224 e. The molecule has 0 aliphatic carbocycles. The van der Waals surface area contributed by atoms with Crippen molar-refractivity contribution >= 4 is 16.9 Å². The molecule has 1 N–H and O–H groups in total. The van der Waals surface area contributed by atoms with Gasteiger partial charge in [0, 0.05) is 20.0 Å². The smallest absolute Gasteiger partial charge is 0.224 e. The molecular formula is C18H19N3O. The first-order valence-corrected chi connectivity index (χ1v) is 7.45. The second-order valence-corrected chi connectivity index (χ2v) is 5.34. The van der Waals surface area contributed by atoms with E-state index in [1.165, 1.54) is 0 Å². The lowest BCUT2D eigenvalue weighted by molar-refractivity contribution is -0.120. The summed E-state index contributed by atoms with van der Waals surface area (Å²) in [5.41, 5.74) is 3.14. The number of carbonyl (C=O) groups is 1. The maximum absolute atomic E-state index is 11.9. The Balaban J connectivity index is 1.56. The highest BCUT2D eigenvalue weighted by molar-refractivity contribution is 5.78. The molecule has 0 saturated carbocycles. The molecule has 0 fully saturated rings. The molecule has 0 saturated heterocycles. The Hall–Kier alpha value is -2.62. The maximum atomic E-state index is 11.9. The third kappa shape index (κ3) is 3.17. The van der Waals surface area contributed by atoms with Crippen LogP contribution in [0.2, 0.25) is 0 Å². The first-order valence-electron chi connectivity index (χ1n) is 7.45. The molecule has 3 rings (SSSR count). The number of imidazole rings is 1. The molecule has 22 heavy (non-hydrogen) atoms. The van der Waals surface area contributed by atoms with E-state index in [9.17, 15) is 4.79 Å². The number of nitrogens with zero attached hydrogens (tertiary/aromatic N) is 2. The standard InChI is InChI=1S/C18H19N3O/c1-21-16-10-6-5-9-15(16)20-17(21)11-12-19-18(22)13-14-7-3-2-4-8-14/h2-10H,11-13H2,1H3,(H,19,22). The minimum Gasteiger partial charge on any atom is -0.355 e. The molecule has 3 aromatic rings. The molecule has 0 spiro atoms. The van der Waals surface area contributed by atoms with Crippen LogP contribution in [-0.4, -0.2) is 22.0 Å². The van der Waals surface area contributed by atoms with Crippen molar-refractivity contribution < 1.29 is 4.79 Å². The number of para-hydroxylation sites is 2. The summed E-state index contributed by atoms with van der Waals surface area (Å²) in [6, 6.07) is 17.8. The second-order valence-electron chi connectivity index (χ2n) is 5.34. The number of fused-ring (bicyclic) bond motifs is 1. The molecule has 0 radical (unpaired) electrons. The molecule has 1 heterocycles. The Morgan fingerprint density at radius 1 is 1.09 bits per heavy atom. The number of nitrogens with one attached hydrogen (secondary N) is 1. The van der Waals surface area contributed by atoms with Gasteiger partial charge in [-0.25, -0.2) is 4.98 Å². The van der Waals surface area contributed by atoms with Crippen molar-refractivity contribution in [2.45, 2.75) is 12.8 Å². The Morgan fingerprint density at radius 2 is 1.82 bits per heavy atom. The van der Waals surface area contributed by atoms with Crippen LogP contribution in [0.5, 0.6) is 0 Å². The number of hydrogen-bond acceptors (Lipinski definition) is 2. The van der Waals surface area contributed by atoms with Crippen molar-refractivity contribution in [1.82, 2.24) is 14.9 Å². The van der Waals surface area contributed by atoms with Crippen molar-refractivity contribution in [3.63, 3.8) is 0 Å². The zero-order valence-corrected chi connectivity index (χ0v) is 12.6. The number of hydrogen-bond donors (Lipinski definition) is 1. The van der Waals surface area contributed by atoms with Crippen molar-refractivity contribution in [1.29, 1.82) is 0 Å². The minimum absolute atomic E-state index is 0.0463. The highest BCUT2D eigenvalue weighted by atomic mass is 16.1. The number of carbonyl (C=O) groups excluding carboxylic acids is 1. The average Bonchev–Trinajstić information content (AvgIpc) is 2.85. The summed E-state index contributed by atoms with van der Waals surface area (Å²) in [7, 11) is 2.01. The van der Waals surface area contributed by atoms with Crippen LogP contribution < -0.4 is 5.32 Å². The summed E-state index contributed by atoms with van der Waals surface area (Å²) in [5, 5.41) is 2.96. The van der Waals surface area contributed by atoms with Gasteiger partial charge in [-0.05, 0) is 17.7 Å². The third-order valence-corrected chi connectivity index (χ3v) is 3.76. The summed E-state index contributed by atoms with van der Waals surface area (Å²) >= 11 is 0. The predicted octanol–water partition coefficient (Wildman–Crippen LogP) is 2.47. The quantitative estimate of drug-likeness (QED) is 0.785. The molecule has 4 nitrogen and oxygen atoms in total. The van der Waals surface area contributed by atoms with E-state index in [-0.39, 0.29) is 5.91 Å². The van der Waals surface area contributed by atoms with Gasteiger partial charge in [0.15, 0.2) is 0 Å². The fourth-order valence-corrected chi connectivity index (χ4v) is 2.58. The molecule has 112 valence electrons. The monoisotopic (exact) mass is 293 g/mol. The van der Waals surface area contributed by atoms with Crippen LogP contribution >= 0.6 is 0 Å². The van der Waals surface area contributed by atoms with Crippen LogP contribution in [0.4, 0.5) is 0 Å². The Kier molecular flexibility index (Phi) is 4.19. The van der Waals surface area contributed by atoms with E-state index in [4.69, 9.17) is 0 Å². The molecule has 4 heteroatoms. The topological polar surface area (TPSA) is 46.9 Å². The van der Waals surface area contributed by atoms with E-state index in [0.29, 0.717) is 13.0 Å². The fraction of sp³-hybridized carbons (Fsp3) is 0.222. The summed E-state index contributed by atoms with van der Waals surface area (Å²) < 4.78 is 2.08. The van der Waals surface area contributed by atoms with Gasteiger partial charge in [-0.3, -0.25) is 4.79 Å². The number of rotatable bonds is 5. The molecule has 0 atom stereocenters. The van der Waals surface area contributed by atoms with Gasteiger partial charge in [-0.2, -0.15) is 0 Å². The van der Waals surface area contributed by atoms with E-state index >= 15 is 0 Å². The lowest BCUT2D eigenvalue weighted by atomic mass is 10.1. The Labute approximate surface area is 129 Å². The second kappa shape index (κ2) is 6.43. The molecular weight excluding hydrogens is 274 g/mol. The van der Waals surface area contributed by atoms with E-state index in [1.54, 1.807) is 0 Å². The molecule has 0 unspecified atom stereocenters. The van der Waals surface area contributed by atoms with Gasteiger partial charge in [0.05, 0.1) is 17.5 Å². The van der Waals surface area contributed by atoms with Crippen molar-refractivity contribution in [3.05, 3.63) is 66.0 Å². The summed E-state index contributed by atoms with van der Waals surface area (Å²) in [4.78, 5) is 16.5. The first-order chi connectivity index (χ1) is 10.7. The highest BCUT2D eigenvalue weighted by Crippen LogP contribution is 2.14. The average molecular weight is 293 g/mol. The van der Waals surface area contributed by atoms with Crippen LogP contribution in [-0.2, 0) is 24.7 Å². The molecule has 0 aliphatic rings. The molecule has 1 amide bonds. The normalized spacial score (nSPS) is 10.8. The summed E-state index contributed by atoms with van der Waals surface area (Å²) in [5.74, 6) is 1.03. The minimum atomic E-state index is 0.0463. The van der Waals surface area contributed by atoms with E-state index in [0.717, 1.165) is 28.8 Å². The van der Waals surface area contributed by atoms with Gasteiger partial charge in [0.25, 0.3) is 0 Å². The Morgan fingerprint density at radius 3 is 2.59 bits per heavy atom. The van der Waals surface area contributed by atoms with Crippen molar-refractivity contribution in [2.75, 3.05) is 6.54 Å². The molecule has 1 aromatic heterocycles. The van der Waals surface area contributed by atoms with Crippen LogP contribution in [0.15, 0.2) is 54.6 Å². The van der Waals surface area contributed by atoms with Crippen LogP contribution in [0.1, 0.15) is 11.4 Å². The van der Waals surface area contributed by atoms with Gasteiger partial charge in [-0.15, -0.1) is 0 Å². The Bertz CT molecular complexity index is 777. The van der Waals surface area contributed by atoms with Gasteiger partial charge >= 0.3 is 0 Å². The zero-order valence-electron chi connectivity index (χ0n) is 12.6. The van der Waals surface area contributed by atoms with Gasteiger partial charge in [-0.1, -0.05) is 42.5 Å². The summed E-state index contributed by atoms with van der Waals surface area (Å²) in [6.07, 6.45) is 1.15. The fourth-order valence-electron chi connectivity index (χ4n) is 2.58. The number of aromatic nitrogens is 2. The lowest BCUT2D eigenvalue weighted by Gasteiger charge is -2.06. The van der Waals surface area contributed by atoms with E-state index in [2.05, 4.69) is 20.9 Å². The van der Waals surface area contributed by atoms with E-state index < -0.39 is 0 Å². The predicted molar refractivity (Wildman–Crippen MR) is 87.6 cm³/mol. The van der Waals surface area contributed by atoms with Crippen LogP contribution in [0.3, 0.4) is 0 Å². The van der Waals surface area contributed by atoms with Crippen molar-refractivity contribution in [2.24, 2.45) is 7.05 Å². The van der Waals surface area contributed by atoms with Crippen LogP contribution in [0, 0.1) is 0 Å². The molecule has 2 aromatic carbocycles. The molecule has 0 aliphatic heterocycles. The summed E-state index contributed by atoms with van der Waals surface area (Å²) in [6.45, 7) is 0.600. The highest BCUT2D eigenvalue weighted by Gasteiger charge is 2.08. The van der Waals surface area contributed by atoms with Gasteiger partial charge in [0.2, 0.25) is 5.91 Å². The van der Waals surface area contributed by atoms with E-state index in [1.807, 2.05) is 55.6 Å². The molecule has 0 bridgehead atoms. The van der Waals surface area contributed by atoms with Crippen LogP contribution in [0.25, 0.3) is 11.0 Å². The SMILES string of the molecule is Cn1c(CCNC(=O)Cc2ccccc2)nc2ccccc21. The lowest BCUT2D eigenvalue weighted by Crippen LogP contribution is -2.27. The van der Waals surface area contributed by atoms with Gasteiger partial charge < -0.3 is 9.88 Å². The first kappa shape index (κ1) is 14.3. The van der Waals surface area contributed by atoms with Gasteiger partial charge in [0.1, 0.15) is 5.82 Å². The largest absolute Gasteiger partial charge is 0.355 e. The number of aryl methyl sites for hydroxylation is 1. The third-order valence-electron chi connectivity index (χ3n) is 3.76. The number of benzene rings is 2. The zero-order chi connectivity index (χ0) is 15.4. The number of amides is 1.